The van der Waals surface area contributed by atoms with Crippen molar-refractivity contribution in [3.63, 3.8) is 0 Å². The Hall–Kier alpha value is -2.24. The largest absolute Gasteiger partial charge is 0.465 e. The monoisotopic (exact) mass is 499 g/mol. The van der Waals surface area contributed by atoms with E-state index >= 15 is 0 Å². The molecule has 1 aliphatic heterocycles. The van der Waals surface area contributed by atoms with Gasteiger partial charge in [0.1, 0.15) is 5.92 Å². The summed E-state index contributed by atoms with van der Waals surface area (Å²) in [6.07, 6.45) is 1.04. The van der Waals surface area contributed by atoms with Gasteiger partial charge in [0.15, 0.2) is 5.78 Å². The third-order valence-electron chi connectivity index (χ3n) is 6.00. The van der Waals surface area contributed by atoms with E-state index in [2.05, 4.69) is 15.9 Å². The number of ketones is 1. The molecule has 1 heterocycles. The Balaban J connectivity index is 1.78. The third kappa shape index (κ3) is 4.39. The molecule has 0 bridgehead atoms. The number of halogens is 2. The fourth-order valence-corrected chi connectivity index (χ4v) is 4.99. The first-order valence-corrected chi connectivity index (χ1v) is 11.5. The number of carbonyl (C=O) groups excluding carboxylic acids is 2. The number of carbonyl (C=O) groups is 2. The Morgan fingerprint density at radius 1 is 1.10 bits per heavy atom. The number of rotatable bonds is 4. The zero-order valence-corrected chi connectivity index (χ0v) is 19.7. The normalized spacial score (nSPS) is 23.3. The van der Waals surface area contributed by atoms with E-state index in [0.717, 1.165) is 21.3 Å². The molecule has 4 nitrogen and oxygen atoms in total. The van der Waals surface area contributed by atoms with Gasteiger partial charge >= 0.3 is 5.97 Å². The summed E-state index contributed by atoms with van der Waals surface area (Å²) in [5.41, 5.74) is 4.11. The van der Waals surface area contributed by atoms with Crippen molar-refractivity contribution in [1.82, 2.24) is 0 Å². The fraction of sp³-hybridized carbons (Fsp3) is 0.320. The van der Waals surface area contributed by atoms with Gasteiger partial charge in [0, 0.05) is 38.8 Å². The van der Waals surface area contributed by atoms with Crippen molar-refractivity contribution in [3.05, 3.63) is 80.4 Å². The topological polar surface area (TPSA) is 55.7 Å². The molecule has 0 N–H and O–H groups in total. The highest BCUT2D eigenvalue weighted by Gasteiger charge is 2.44. The number of hydrogen-bond donors (Lipinski definition) is 0. The smallest absolute Gasteiger partial charge is 0.315 e. The number of aliphatic imine (C=N–C) groups is 1. The minimum absolute atomic E-state index is 0.0414. The van der Waals surface area contributed by atoms with Crippen LogP contribution in [0, 0.1) is 5.92 Å². The Labute approximate surface area is 195 Å². The van der Waals surface area contributed by atoms with Gasteiger partial charge in [-0.15, -0.1) is 0 Å². The molecular weight excluding hydrogens is 478 g/mol. The number of benzene rings is 2. The molecule has 0 amide bonds. The van der Waals surface area contributed by atoms with Crippen LogP contribution in [0.25, 0.3) is 0 Å². The maximum Gasteiger partial charge on any atom is 0.315 e. The van der Waals surface area contributed by atoms with Crippen molar-refractivity contribution in [1.29, 1.82) is 0 Å². The fourth-order valence-electron chi connectivity index (χ4n) is 4.60. The molecule has 0 spiro atoms. The van der Waals surface area contributed by atoms with Crippen LogP contribution in [0.15, 0.2) is 69.3 Å². The van der Waals surface area contributed by atoms with Gasteiger partial charge in [-0.2, -0.15) is 0 Å². The number of Topliss-reactive ketones (excluding diaryl/α,β-unsaturated/α-hetero) is 1. The molecule has 2 aromatic carbocycles. The van der Waals surface area contributed by atoms with Gasteiger partial charge in [0.05, 0.1) is 6.61 Å². The van der Waals surface area contributed by atoms with E-state index in [4.69, 9.17) is 21.3 Å². The summed E-state index contributed by atoms with van der Waals surface area (Å²) in [6.45, 7) is 3.93. The first-order chi connectivity index (χ1) is 14.9. The van der Waals surface area contributed by atoms with Crippen molar-refractivity contribution in [2.24, 2.45) is 10.9 Å². The minimum Gasteiger partial charge on any atom is -0.465 e. The lowest BCUT2D eigenvalue weighted by Gasteiger charge is -2.36. The Morgan fingerprint density at radius 2 is 1.74 bits per heavy atom. The van der Waals surface area contributed by atoms with Crippen LogP contribution in [0.5, 0.6) is 0 Å². The highest BCUT2D eigenvalue weighted by molar-refractivity contribution is 9.10. The molecule has 6 heteroatoms. The van der Waals surface area contributed by atoms with E-state index in [0.29, 0.717) is 29.1 Å². The molecular formula is C25H23BrClNO3. The van der Waals surface area contributed by atoms with E-state index in [1.165, 1.54) is 0 Å². The molecule has 0 saturated heterocycles. The molecule has 1 aliphatic carbocycles. The Bertz CT molecular complexity index is 1070. The van der Waals surface area contributed by atoms with Crippen LogP contribution in [0.2, 0.25) is 5.02 Å². The second-order valence-corrected chi connectivity index (χ2v) is 9.30. The molecule has 31 heavy (non-hydrogen) atoms. The van der Waals surface area contributed by atoms with Crippen molar-refractivity contribution in [2.45, 2.75) is 38.5 Å². The SMILES string of the molecule is CCOC(=O)C1C(C)=NC2=C(C(=O)C[C@H](c3ccc(Cl)cc3)C2)[C@@H]1c1ccc(Br)cc1. The Morgan fingerprint density at radius 3 is 2.39 bits per heavy atom. The number of allylic oxidation sites excluding steroid dienone is 2. The average Bonchev–Trinajstić information content (AvgIpc) is 2.74. The van der Waals surface area contributed by atoms with Crippen molar-refractivity contribution in [2.75, 3.05) is 6.61 Å². The van der Waals surface area contributed by atoms with Gasteiger partial charge in [0.25, 0.3) is 0 Å². The first-order valence-electron chi connectivity index (χ1n) is 10.4. The maximum absolute atomic E-state index is 13.4. The molecule has 3 atom stereocenters. The number of nitrogens with zero attached hydrogens (tertiary/aromatic N) is 1. The second-order valence-electron chi connectivity index (χ2n) is 7.95. The predicted molar refractivity (Wildman–Crippen MR) is 126 cm³/mol. The molecule has 0 saturated carbocycles. The van der Waals surface area contributed by atoms with Crippen LogP contribution in [0.4, 0.5) is 0 Å². The molecule has 0 radical (unpaired) electrons. The molecule has 2 aliphatic rings. The van der Waals surface area contributed by atoms with Gasteiger partial charge in [-0.1, -0.05) is 51.8 Å². The van der Waals surface area contributed by atoms with Crippen LogP contribution in [0.1, 0.15) is 49.7 Å². The van der Waals surface area contributed by atoms with E-state index in [-0.39, 0.29) is 24.3 Å². The molecule has 0 aromatic heterocycles. The summed E-state index contributed by atoms with van der Waals surface area (Å²) in [5, 5.41) is 0.671. The lowest BCUT2D eigenvalue weighted by atomic mass is 9.69. The molecule has 160 valence electrons. The number of hydrogen-bond acceptors (Lipinski definition) is 4. The van der Waals surface area contributed by atoms with Crippen LogP contribution in [-0.2, 0) is 14.3 Å². The molecule has 2 aromatic rings. The number of esters is 1. The highest BCUT2D eigenvalue weighted by Crippen LogP contribution is 2.47. The summed E-state index contributed by atoms with van der Waals surface area (Å²) in [4.78, 5) is 31.1. The van der Waals surface area contributed by atoms with E-state index in [1.807, 2.05) is 55.5 Å². The summed E-state index contributed by atoms with van der Waals surface area (Å²) < 4.78 is 6.31. The highest BCUT2D eigenvalue weighted by atomic mass is 79.9. The zero-order valence-electron chi connectivity index (χ0n) is 17.4. The standard InChI is InChI=1S/C25H23BrClNO3/c1-3-31-25(30)22-14(2)28-20-12-17(15-6-10-19(27)11-7-15)13-21(29)24(20)23(22)16-4-8-18(26)9-5-16/h4-11,17,22-23H,3,12-13H2,1-2H3/t17-,22?,23-/m1/s1. The van der Waals surface area contributed by atoms with Crippen LogP contribution < -0.4 is 0 Å². The summed E-state index contributed by atoms with van der Waals surface area (Å²) in [6, 6.07) is 15.4. The summed E-state index contributed by atoms with van der Waals surface area (Å²) >= 11 is 9.50. The van der Waals surface area contributed by atoms with Gasteiger partial charge in [0.2, 0.25) is 0 Å². The van der Waals surface area contributed by atoms with Crippen LogP contribution in [-0.4, -0.2) is 24.1 Å². The second kappa shape index (κ2) is 9.09. The van der Waals surface area contributed by atoms with Gasteiger partial charge in [-0.25, -0.2) is 0 Å². The summed E-state index contributed by atoms with van der Waals surface area (Å²) in [5.74, 6) is -1.24. The van der Waals surface area contributed by atoms with E-state index in [1.54, 1.807) is 6.92 Å². The average molecular weight is 501 g/mol. The van der Waals surface area contributed by atoms with Crippen molar-refractivity contribution >= 4 is 45.0 Å². The van der Waals surface area contributed by atoms with Gasteiger partial charge < -0.3 is 4.74 Å². The van der Waals surface area contributed by atoms with E-state index < -0.39 is 11.8 Å². The Kier molecular flexibility index (Phi) is 6.44. The zero-order chi connectivity index (χ0) is 22.1. The van der Waals surface area contributed by atoms with Crippen molar-refractivity contribution in [3.8, 4) is 0 Å². The van der Waals surface area contributed by atoms with Crippen LogP contribution in [0.3, 0.4) is 0 Å². The van der Waals surface area contributed by atoms with Gasteiger partial charge in [-0.3, -0.25) is 14.6 Å². The first kappa shape index (κ1) is 22.0. The maximum atomic E-state index is 13.4. The lowest BCUT2D eigenvalue weighted by molar-refractivity contribution is -0.146. The predicted octanol–water partition coefficient (Wildman–Crippen LogP) is 6.24. The summed E-state index contributed by atoms with van der Waals surface area (Å²) in [7, 11) is 0. The molecule has 1 unspecified atom stereocenters. The van der Waals surface area contributed by atoms with Crippen molar-refractivity contribution < 1.29 is 14.3 Å². The van der Waals surface area contributed by atoms with Gasteiger partial charge in [-0.05, 0) is 61.6 Å². The van der Waals surface area contributed by atoms with E-state index in [9.17, 15) is 9.59 Å². The molecule has 4 rings (SSSR count). The molecule has 0 fully saturated rings. The minimum atomic E-state index is -0.601. The quantitative estimate of drug-likeness (QED) is 0.467. The van der Waals surface area contributed by atoms with Crippen LogP contribution >= 0.6 is 27.5 Å². The lowest BCUT2D eigenvalue weighted by Crippen LogP contribution is -2.38. The number of ether oxygens (including phenoxy) is 1. The third-order valence-corrected chi connectivity index (χ3v) is 6.78.